The first-order valence-corrected chi connectivity index (χ1v) is 9.33. The zero-order valence-corrected chi connectivity index (χ0v) is 16.2. The van der Waals surface area contributed by atoms with Crippen LogP contribution in [0.15, 0.2) is 4.99 Å². The van der Waals surface area contributed by atoms with Crippen molar-refractivity contribution in [1.82, 2.24) is 10.6 Å². The topological polar surface area (TPSA) is 64.1 Å². The Morgan fingerprint density at radius 1 is 1.17 bits per heavy atom. The zero-order chi connectivity index (χ0) is 17.8. The van der Waals surface area contributed by atoms with Crippen molar-refractivity contribution in [2.75, 3.05) is 47.1 Å². The second-order valence-electron chi connectivity index (χ2n) is 6.27. The smallest absolute Gasteiger partial charge is 0.191 e. The number of guanidine groups is 1. The zero-order valence-electron chi connectivity index (χ0n) is 16.2. The number of ether oxygens (including phenoxy) is 3. The van der Waals surface area contributed by atoms with Crippen LogP contribution in [0.1, 0.15) is 46.5 Å². The Bertz CT molecular complexity index is 359. The minimum atomic E-state index is 0.219. The summed E-state index contributed by atoms with van der Waals surface area (Å²) in [5, 5.41) is 6.97. The summed E-state index contributed by atoms with van der Waals surface area (Å²) in [6, 6.07) is 0.424. The molecule has 142 valence electrons. The first-order valence-electron chi connectivity index (χ1n) is 9.33. The number of rotatable bonds is 12. The summed E-state index contributed by atoms with van der Waals surface area (Å²) in [6.07, 6.45) is 4.61. The largest absolute Gasteiger partial charge is 0.382 e. The van der Waals surface area contributed by atoms with E-state index < -0.39 is 0 Å². The summed E-state index contributed by atoms with van der Waals surface area (Å²) in [5.74, 6) is 0.873. The lowest BCUT2D eigenvalue weighted by Gasteiger charge is -2.55. The quantitative estimate of drug-likeness (QED) is 0.323. The van der Waals surface area contributed by atoms with Crippen LogP contribution in [0.25, 0.3) is 0 Å². The maximum atomic E-state index is 5.94. The van der Waals surface area contributed by atoms with Crippen LogP contribution in [-0.2, 0) is 14.2 Å². The molecule has 6 heteroatoms. The molecule has 2 N–H and O–H groups in total. The van der Waals surface area contributed by atoms with E-state index in [9.17, 15) is 0 Å². The van der Waals surface area contributed by atoms with E-state index in [2.05, 4.69) is 36.4 Å². The van der Waals surface area contributed by atoms with E-state index >= 15 is 0 Å². The number of nitrogens with zero attached hydrogens (tertiary/aromatic N) is 1. The monoisotopic (exact) mass is 343 g/mol. The Morgan fingerprint density at radius 2 is 1.92 bits per heavy atom. The third-order valence-corrected chi connectivity index (χ3v) is 5.19. The van der Waals surface area contributed by atoms with Gasteiger partial charge in [-0.15, -0.1) is 0 Å². The molecule has 6 nitrogen and oxygen atoms in total. The first kappa shape index (κ1) is 21.2. The van der Waals surface area contributed by atoms with Gasteiger partial charge in [0.15, 0.2) is 5.96 Å². The molecule has 0 heterocycles. The summed E-state index contributed by atoms with van der Waals surface area (Å²) in [6.45, 7) is 10.3. The fourth-order valence-electron chi connectivity index (χ4n) is 3.57. The first-order chi connectivity index (χ1) is 11.7. The van der Waals surface area contributed by atoms with Gasteiger partial charge in [-0.25, -0.2) is 0 Å². The van der Waals surface area contributed by atoms with Crippen LogP contribution in [0.4, 0.5) is 0 Å². The van der Waals surface area contributed by atoms with Gasteiger partial charge in [-0.2, -0.15) is 0 Å². The molecule has 2 atom stereocenters. The second kappa shape index (κ2) is 11.7. The van der Waals surface area contributed by atoms with Crippen molar-refractivity contribution in [3.05, 3.63) is 0 Å². The molecule has 2 unspecified atom stereocenters. The molecule has 1 aliphatic rings. The van der Waals surface area contributed by atoms with E-state index in [1.54, 1.807) is 7.11 Å². The normalized spacial score (nSPS) is 23.0. The molecular formula is C18H37N3O3. The van der Waals surface area contributed by atoms with Gasteiger partial charge in [-0.05, 0) is 32.6 Å². The van der Waals surface area contributed by atoms with E-state index in [1.807, 2.05) is 7.05 Å². The third-order valence-electron chi connectivity index (χ3n) is 5.19. The summed E-state index contributed by atoms with van der Waals surface area (Å²) in [7, 11) is 3.51. The molecular weight excluding hydrogens is 306 g/mol. The van der Waals surface area contributed by atoms with Crippen LogP contribution in [0.2, 0.25) is 0 Å². The lowest BCUT2D eigenvalue weighted by molar-refractivity contribution is -0.133. The predicted octanol–water partition coefficient (Wildman–Crippen LogP) is 2.19. The molecule has 0 amide bonds. The highest BCUT2D eigenvalue weighted by Crippen LogP contribution is 2.48. The van der Waals surface area contributed by atoms with Crippen molar-refractivity contribution in [3.63, 3.8) is 0 Å². The number of nitrogens with one attached hydrogen (secondary N) is 2. The van der Waals surface area contributed by atoms with Crippen molar-refractivity contribution in [2.24, 2.45) is 10.4 Å². The maximum absolute atomic E-state index is 5.94. The molecule has 0 bridgehead atoms. The molecule has 1 fully saturated rings. The lowest BCUT2D eigenvalue weighted by atomic mass is 9.58. The predicted molar refractivity (Wildman–Crippen MR) is 98.6 cm³/mol. The summed E-state index contributed by atoms with van der Waals surface area (Å²) >= 11 is 0. The van der Waals surface area contributed by atoms with E-state index in [0.717, 1.165) is 51.4 Å². The molecule has 1 rings (SSSR count). The SMILES string of the molecule is CCOC1CC(NC(=NC)NCCCOCCOC)C1(CC)CC. The van der Waals surface area contributed by atoms with Crippen LogP contribution >= 0.6 is 0 Å². The summed E-state index contributed by atoms with van der Waals surface area (Å²) in [4.78, 5) is 4.36. The van der Waals surface area contributed by atoms with Crippen molar-refractivity contribution in [1.29, 1.82) is 0 Å². The number of hydrogen-bond acceptors (Lipinski definition) is 4. The number of hydrogen-bond donors (Lipinski definition) is 2. The number of methoxy groups -OCH3 is 1. The highest BCUT2D eigenvalue weighted by atomic mass is 16.5. The Hall–Kier alpha value is -0.850. The van der Waals surface area contributed by atoms with Crippen molar-refractivity contribution in [2.45, 2.75) is 58.6 Å². The fraction of sp³-hybridized carbons (Fsp3) is 0.944. The molecule has 0 aliphatic heterocycles. The molecule has 0 aromatic rings. The van der Waals surface area contributed by atoms with Gasteiger partial charge in [0, 0.05) is 45.4 Å². The molecule has 0 spiro atoms. The van der Waals surface area contributed by atoms with Crippen molar-refractivity contribution < 1.29 is 14.2 Å². The van der Waals surface area contributed by atoms with Crippen molar-refractivity contribution >= 4 is 5.96 Å². The van der Waals surface area contributed by atoms with Crippen LogP contribution in [0, 0.1) is 5.41 Å². The summed E-state index contributed by atoms with van der Waals surface area (Å²) < 4.78 is 16.4. The lowest BCUT2D eigenvalue weighted by Crippen LogP contribution is -2.65. The van der Waals surface area contributed by atoms with Crippen LogP contribution in [0.5, 0.6) is 0 Å². The van der Waals surface area contributed by atoms with Crippen LogP contribution in [-0.4, -0.2) is 65.2 Å². The van der Waals surface area contributed by atoms with Crippen LogP contribution < -0.4 is 10.6 Å². The minimum absolute atomic E-state index is 0.219. The molecule has 0 aromatic carbocycles. The van der Waals surface area contributed by atoms with Gasteiger partial charge in [0.05, 0.1) is 19.3 Å². The van der Waals surface area contributed by atoms with E-state index in [-0.39, 0.29) is 5.41 Å². The Balaban J connectivity index is 2.34. The Morgan fingerprint density at radius 3 is 2.50 bits per heavy atom. The maximum Gasteiger partial charge on any atom is 0.191 e. The van der Waals surface area contributed by atoms with Gasteiger partial charge >= 0.3 is 0 Å². The Kier molecular flexibility index (Phi) is 10.3. The second-order valence-corrected chi connectivity index (χ2v) is 6.27. The standard InChI is InChI=1S/C18H37N3O3/c1-6-18(7-2)15(14-16(18)24-8-3)21-17(19-4)20-10-9-11-23-13-12-22-5/h15-16H,6-14H2,1-5H3,(H2,19,20,21). The van der Waals surface area contributed by atoms with Gasteiger partial charge in [-0.1, -0.05) is 13.8 Å². The van der Waals surface area contributed by atoms with Gasteiger partial charge in [0.1, 0.15) is 0 Å². The van der Waals surface area contributed by atoms with E-state index in [4.69, 9.17) is 14.2 Å². The van der Waals surface area contributed by atoms with Crippen LogP contribution in [0.3, 0.4) is 0 Å². The van der Waals surface area contributed by atoms with Gasteiger partial charge in [-0.3, -0.25) is 4.99 Å². The molecule has 0 aromatic heterocycles. The molecule has 24 heavy (non-hydrogen) atoms. The molecule has 1 saturated carbocycles. The fourth-order valence-corrected chi connectivity index (χ4v) is 3.57. The van der Waals surface area contributed by atoms with E-state index in [1.165, 1.54) is 0 Å². The van der Waals surface area contributed by atoms with E-state index in [0.29, 0.717) is 25.4 Å². The molecule has 0 saturated heterocycles. The number of aliphatic imine (C=N–C) groups is 1. The highest BCUT2D eigenvalue weighted by Gasteiger charge is 2.53. The van der Waals surface area contributed by atoms with Crippen molar-refractivity contribution in [3.8, 4) is 0 Å². The minimum Gasteiger partial charge on any atom is -0.382 e. The van der Waals surface area contributed by atoms with Gasteiger partial charge in [0.2, 0.25) is 0 Å². The Labute approximate surface area is 147 Å². The summed E-state index contributed by atoms with van der Waals surface area (Å²) in [5.41, 5.74) is 0.219. The average Bonchev–Trinajstić information content (AvgIpc) is 2.59. The molecule has 0 radical (unpaired) electrons. The van der Waals surface area contributed by atoms with Gasteiger partial charge in [0.25, 0.3) is 0 Å². The van der Waals surface area contributed by atoms with Gasteiger partial charge < -0.3 is 24.8 Å². The molecule has 1 aliphatic carbocycles. The third kappa shape index (κ3) is 5.60. The average molecular weight is 344 g/mol. The highest BCUT2D eigenvalue weighted by molar-refractivity contribution is 5.80.